The van der Waals surface area contributed by atoms with Gasteiger partial charge in [-0.1, -0.05) is 11.6 Å². The first kappa shape index (κ1) is 9.49. The highest BCUT2D eigenvalue weighted by Gasteiger charge is 2.03. The first-order valence-electron chi connectivity index (χ1n) is 4.17. The molecule has 0 aliphatic heterocycles. The summed E-state index contributed by atoms with van der Waals surface area (Å²) >= 11 is 7.66. The molecule has 14 heavy (non-hydrogen) atoms. The number of hydrogen-bond acceptors (Lipinski definition) is 3. The Labute approximate surface area is 91.4 Å². The molecule has 0 fully saturated rings. The van der Waals surface area contributed by atoms with E-state index in [4.69, 9.17) is 17.3 Å². The SMILES string of the molecule is Nc1ccc(Cl)c(Cc2cncs2)c1. The average molecular weight is 225 g/mol. The number of nitrogen functional groups attached to an aromatic ring is 1. The quantitative estimate of drug-likeness (QED) is 0.797. The van der Waals surface area contributed by atoms with Crippen molar-refractivity contribution < 1.29 is 0 Å². The monoisotopic (exact) mass is 224 g/mol. The highest BCUT2D eigenvalue weighted by atomic mass is 35.5. The lowest BCUT2D eigenvalue weighted by atomic mass is 10.1. The summed E-state index contributed by atoms with van der Waals surface area (Å²) in [6.45, 7) is 0. The number of benzene rings is 1. The van der Waals surface area contributed by atoms with Gasteiger partial charge in [0, 0.05) is 28.2 Å². The fourth-order valence-corrected chi connectivity index (χ4v) is 2.05. The maximum Gasteiger partial charge on any atom is 0.0794 e. The normalized spacial score (nSPS) is 10.4. The molecular formula is C10H9ClN2S. The van der Waals surface area contributed by atoms with Gasteiger partial charge in [0.1, 0.15) is 0 Å². The molecule has 2 aromatic rings. The van der Waals surface area contributed by atoms with E-state index in [0.717, 1.165) is 22.7 Å². The number of nitrogens with zero attached hydrogens (tertiary/aromatic N) is 1. The first-order valence-corrected chi connectivity index (χ1v) is 5.43. The molecule has 0 amide bonds. The van der Waals surface area contributed by atoms with Gasteiger partial charge in [0.05, 0.1) is 5.51 Å². The topological polar surface area (TPSA) is 38.9 Å². The molecule has 0 saturated carbocycles. The Morgan fingerprint density at radius 3 is 3.00 bits per heavy atom. The highest BCUT2D eigenvalue weighted by molar-refractivity contribution is 7.09. The summed E-state index contributed by atoms with van der Waals surface area (Å²) in [5, 5.41) is 0.757. The van der Waals surface area contributed by atoms with E-state index < -0.39 is 0 Å². The van der Waals surface area contributed by atoms with Gasteiger partial charge in [0.2, 0.25) is 0 Å². The number of nitrogens with two attached hydrogens (primary N) is 1. The largest absolute Gasteiger partial charge is 0.399 e. The first-order chi connectivity index (χ1) is 6.75. The Morgan fingerprint density at radius 2 is 2.29 bits per heavy atom. The number of halogens is 1. The van der Waals surface area contributed by atoms with Crippen LogP contribution >= 0.6 is 22.9 Å². The summed E-state index contributed by atoms with van der Waals surface area (Å²) in [5.41, 5.74) is 9.30. The third kappa shape index (κ3) is 2.05. The summed E-state index contributed by atoms with van der Waals surface area (Å²) in [6.07, 6.45) is 2.65. The van der Waals surface area contributed by atoms with Crippen LogP contribution in [0.25, 0.3) is 0 Å². The van der Waals surface area contributed by atoms with E-state index in [1.807, 2.05) is 23.8 Å². The van der Waals surface area contributed by atoms with Gasteiger partial charge in [-0.05, 0) is 23.8 Å². The highest BCUT2D eigenvalue weighted by Crippen LogP contribution is 2.22. The number of rotatable bonds is 2. The molecule has 0 radical (unpaired) electrons. The number of thiazole rings is 1. The molecule has 0 saturated heterocycles. The zero-order chi connectivity index (χ0) is 9.97. The molecule has 72 valence electrons. The van der Waals surface area contributed by atoms with Crippen LogP contribution in [-0.4, -0.2) is 4.98 Å². The van der Waals surface area contributed by atoms with E-state index in [1.165, 1.54) is 4.88 Å². The van der Waals surface area contributed by atoms with Crippen molar-refractivity contribution in [3.63, 3.8) is 0 Å². The molecule has 0 aliphatic rings. The van der Waals surface area contributed by atoms with Crippen molar-refractivity contribution in [1.82, 2.24) is 4.98 Å². The maximum absolute atomic E-state index is 6.04. The van der Waals surface area contributed by atoms with E-state index >= 15 is 0 Å². The maximum atomic E-state index is 6.04. The van der Waals surface area contributed by atoms with Crippen LogP contribution in [0.4, 0.5) is 5.69 Å². The molecule has 1 aromatic carbocycles. The molecule has 0 atom stereocenters. The number of aromatic nitrogens is 1. The van der Waals surface area contributed by atoms with Crippen molar-refractivity contribution in [1.29, 1.82) is 0 Å². The standard InChI is InChI=1S/C10H9ClN2S/c11-10-2-1-8(12)3-7(10)4-9-5-13-6-14-9/h1-3,5-6H,4,12H2. The molecule has 1 heterocycles. The lowest BCUT2D eigenvalue weighted by molar-refractivity contribution is 1.22. The minimum absolute atomic E-state index is 0.744. The van der Waals surface area contributed by atoms with Crippen molar-refractivity contribution in [3.05, 3.63) is 45.4 Å². The van der Waals surface area contributed by atoms with Crippen molar-refractivity contribution in [2.45, 2.75) is 6.42 Å². The van der Waals surface area contributed by atoms with Gasteiger partial charge in [0.15, 0.2) is 0 Å². The third-order valence-electron chi connectivity index (χ3n) is 1.92. The van der Waals surface area contributed by atoms with Gasteiger partial charge < -0.3 is 5.73 Å². The summed E-state index contributed by atoms with van der Waals surface area (Å²) in [6, 6.07) is 5.54. The van der Waals surface area contributed by atoms with Crippen LogP contribution in [0.1, 0.15) is 10.4 Å². The fourth-order valence-electron chi connectivity index (χ4n) is 1.25. The molecule has 0 unspecified atom stereocenters. The van der Waals surface area contributed by atoms with Crippen LogP contribution in [0.15, 0.2) is 29.9 Å². The molecule has 0 aliphatic carbocycles. The molecular weight excluding hydrogens is 216 g/mol. The number of anilines is 1. The zero-order valence-corrected chi connectivity index (χ0v) is 8.98. The summed E-state index contributed by atoms with van der Waals surface area (Å²) in [4.78, 5) is 5.21. The van der Waals surface area contributed by atoms with Crippen LogP contribution in [0.5, 0.6) is 0 Å². The minimum Gasteiger partial charge on any atom is -0.399 e. The van der Waals surface area contributed by atoms with Gasteiger partial charge in [-0.25, -0.2) is 0 Å². The van der Waals surface area contributed by atoms with E-state index in [1.54, 1.807) is 17.4 Å². The van der Waals surface area contributed by atoms with Crippen LogP contribution in [0, 0.1) is 0 Å². The van der Waals surface area contributed by atoms with E-state index in [-0.39, 0.29) is 0 Å². The summed E-state index contributed by atoms with van der Waals surface area (Å²) in [5.74, 6) is 0. The lowest BCUT2D eigenvalue weighted by Crippen LogP contribution is -1.90. The smallest absolute Gasteiger partial charge is 0.0794 e. The van der Waals surface area contributed by atoms with Gasteiger partial charge in [-0.15, -0.1) is 11.3 Å². The second-order valence-corrected chi connectivity index (χ2v) is 4.37. The van der Waals surface area contributed by atoms with E-state index in [9.17, 15) is 0 Å². The summed E-state index contributed by atoms with van der Waals surface area (Å²) < 4.78 is 0. The van der Waals surface area contributed by atoms with Crippen LogP contribution in [-0.2, 0) is 6.42 Å². The second kappa shape index (κ2) is 3.98. The molecule has 2 N–H and O–H groups in total. The minimum atomic E-state index is 0.744. The third-order valence-corrected chi connectivity index (χ3v) is 3.07. The second-order valence-electron chi connectivity index (χ2n) is 3.00. The molecule has 0 spiro atoms. The van der Waals surface area contributed by atoms with Gasteiger partial charge in [-0.2, -0.15) is 0 Å². The Balaban J connectivity index is 2.28. The van der Waals surface area contributed by atoms with Gasteiger partial charge in [0.25, 0.3) is 0 Å². The lowest BCUT2D eigenvalue weighted by Gasteiger charge is -2.03. The van der Waals surface area contributed by atoms with Crippen LogP contribution < -0.4 is 5.73 Å². The number of hydrogen-bond donors (Lipinski definition) is 1. The molecule has 4 heteroatoms. The Hall–Kier alpha value is -1.06. The van der Waals surface area contributed by atoms with Crippen molar-refractivity contribution in [2.24, 2.45) is 0 Å². The van der Waals surface area contributed by atoms with E-state index in [2.05, 4.69) is 4.98 Å². The zero-order valence-electron chi connectivity index (χ0n) is 7.40. The van der Waals surface area contributed by atoms with Gasteiger partial charge >= 0.3 is 0 Å². The Morgan fingerprint density at radius 1 is 1.43 bits per heavy atom. The predicted molar refractivity (Wildman–Crippen MR) is 60.8 cm³/mol. The van der Waals surface area contributed by atoms with Crippen molar-refractivity contribution >= 4 is 28.6 Å². The molecule has 1 aromatic heterocycles. The van der Waals surface area contributed by atoms with Gasteiger partial charge in [-0.3, -0.25) is 4.98 Å². The summed E-state index contributed by atoms with van der Waals surface area (Å²) in [7, 11) is 0. The van der Waals surface area contributed by atoms with Crippen LogP contribution in [0.2, 0.25) is 5.02 Å². The molecule has 2 nitrogen and oxygen atoms in total. The molecule has 0 bridgehead atoms. The van der Waals surface area contributed by atoms with Crippen molar-refractivity contribution in [3.8, 4) is 0 Å². The Bertz CT molecular complexity index is 426. The molecule has 2 rings (SSSR count). The van der Waals surface area contributed by atoms with E-state index in [0.29, 0.717) is 0 Å². The van der Waals surface area contributed by atoms with Crippen molar-refractivity contribution in [2.75, 3.05) is 5.73 Å². The fraction of sp³-hybridized carbons (Fsp3) is 0.100. The predicted octanol–water partition coefficient (Wildman–Crippen LogP) is 2.97. The van der Waals surface area contributed by atoms with Crippen LogP contribution in [0.3, 0.4) is 0 Å². The average Bonchev–Trinajstić information content (AvgIpc) is 2.64. The Kier molecular flexibility index (Phi) is 2.70.